The Morgan fingerprint density at radius 3 is 2.49 bits per heavy atom. The fraction of sp³-hybridized carbons (Fsp3) is 0.379. The molecule has 0 fully saturated rings. The van der Waals surface area contributed by atoms with Crippen molar-refractivity contribution in [2.75, 3.05) is 6.54 Å². The summed E-state index contributed by atoms with van der Waals surface area (Å²) >= 11 is 0. The molecule has 0 radical (unpaired) electrons. The number of hydrogen-bond donors (Lipinski definition) is 1. The fourth-order valence-electron chi connectivity index (χ4n) is 4.47. The molecule has 0 aliphatic heterocycles. The number of nitrogens with zero attached hydrogens (tertiary/aromatic N) is 5. The summed E-state index contributed by atoms with van der Waals surface area (Å²) < 4.78 is 3.51. The van der Waals surface area contributed by atoms with E-state index in [9.17, 15) is 9.59 Å². The van der Waals surface area contributed by atoms with Gasteiger partial charge in [-0.2, -0.15) is 0 Å². The minimum Gasteiger partial charge on any atom is -0.352 e. The summed E-state index contributed by atoms with van der Waals surface area (Å²) in [6.07, 6.45) is 3.29. The van der Waals surface area contributed by atoms with Crippen molar-refractivity contribution in [3.05, 3.63) is 83.7 Å². The minimum atomic E-state index is -0.794. The maximum Gasteiger partial charge on any atom is 0.249 e. The second kappa shape index (κ2) is 11.0. The molecule has 2 aromatic carbocycles. The zero-order chi connectivity index (χ0) is 26.6. The molecule has 2 amide bonds. The largest absolute Gasteiger partial charge is 0.352 e. The van der Waals surface area contributed by atoms with Gasteiger partial charge >= 0.3 is 0 Å². The smallest absolute Gasteiger partial charge is 0.249 e. The van der Waals surface area contributed by atoms with Gasteiger partial charge in [-0.1, -0.05) is 48.5 Å². The predicted molar refractivity (Wildman–Crippen MR) is 145 cm³/mol. The Hall–Kier alpha value is -3.94. The number of aryl methyl sites for hydroxylation is 2. The first-order valence-electron chi connectivity index (χ1n) is 12.8. The van der Waals surface area contributed by atoms with E-state index in [2.05, 4.69) is 34.7 Å². The average molecular weight is 501 g/mol. The molecule has 0 unspecified atom stereocenters. The van der Waals surface area contributed by atoms with E-state index in [1.165, 1.54) is 0 Å². The normalized spacial score (nSPS) is 12.5. The summed E-state index contributed by atoms with van der Waals surface area (Å²) in [4.78, 5) is 29.5. The third kappa shape index (κ3) is 5.90. The van der Waals surface area contributed by atoms with E-state index in [4.69, 9.17) is 0 Å². The molecular formula is C29H36N6O2. The third-order valence-electron chi connectivity index (χ3n) is 7.08. The molecule has 37 heavy (non-hydrogen) atoms. The molecule has 0 saturated heterocycles. The van der Waals surface area contributed by atoms with Crippen LogP contribution in [0.2, 0.25) is 0 Å². The Morgan fingerprint density at radius 2 is 1.78 bits per heavy atom. The van der Waals surface area contributed by atoms with Crippen LogP contribution in [0.1, 0.15) is 50.1 Å². The number of carbonyl (C=O) groups is 2. The van der Waals surface area contributed by atoms with Crippen LogP contribution < -0.4 is 5.32 Å². The number of nitrogens with one attached hydrogen (secondary N) is 1. The van der Waals surface area contributed by atoms with Crippen molar-refractivity contribution in [2.24, 2.45) is 7.05 Å². The summed E-state index contributed by atoms with van der Waals surface area (Å²) in [5.74, 6) is -0.393. The zero-order valence-electron chi connectivity index (χ0n) is 22.3. The highest BCUT2D eigenvalue weighted by Crippen LogP contribution is 2.25. The molecule has 0 aliphatic carbocycles. The van der Waals surface area contributed by atoms with Crippen LogP contribution in [0.5, 0.6) is 0 Å². The molecule has 1 N–H and O–H groups in total. The summed E-state index contributed by atoms with van der Waals surface area (Å²) in [5.41, 5.74) is 4.15. The molecule has 1 atom stereocenters. The Balaban J connectivity index is 1.72. The predicted octanol–water partition coefficient (Wildman–Crippen LogP) is 4.20. The molecular weight excluding hydrogens is 464 g/mol. The summed E-state index contributed by atoms with van der Waals surface area (Å²) in [6, 6.07) is 18.7. The highest BCUT2D eigenvalue weighted by Gasteiger charge is 2.35. The van der Waals surface area contributed by atoms with Gasteiger partial charge in [0.1, 0.15) is 12.1 Å². The van der Waals surface area contributed by atoms with E-state index >= 15 is 0 Å². The van der Waals surface area contributed by atoms with Crippen molar-refractivity contribution < 1.29 is 9.59 Å². The molecule has 8 heteroatoms. The van der Waals surface area contributed by atoms with Crippen molar-refractivity contribution in [3.63, 3.8) is 0 Å². The fourth-order valence-corrected chi connectivity index (χ4v) is 4.47. The summed E-state index contributed by atoms with van der Waals surface area (Å²) in [6.45, 7) is 8.46. The molecule has 194 valence electrons. The van der Waals surface area contributed by atoms with Crippen molar-refractivity contribution in [2.45, 2.75) is 58.7 Å². The van der Waals surface area contributed by atoms with Gasteiger partial charge in [-0.25, -0.2) is 4.68 Å². The molecule has 0 spiro atoms. The lowest BCUT2D eigenvalue weighted by molar-refractivity contribution is -0.142. The van der Waals surface area contributed by atoms with E-state index in [0.29, 0.717) is 13.0 Å². The van der Waals surface area contributed by atoms with Crippen molar-refractivity contribution >= 4 is 22.8 Å². The molecule has 2 aromatic heterocycles. The van der Waals surface area contributed by atoms with Crippen LogP contribution in [0.25, 0.3) is 11.0 Å². The van der Waals surface area contributed by atoms with Crippen LogP contribution in [0, 0.1) is 6.92 Å². The highest BCUT2D eigenvalue weighted by atomic mass is 16.2. The Kier molecular flexibility index (Phi) is 7.76. The Labute approximate surface area is 218 Å². The maximum absolute atomic E-state index is 14.0. The van der Waals surface area contributed by atoms with E-state index in [-0.39, 0.29) is 18.4 Å². The number of amides is 2. The molecule has 2 heterocycles. The van der Waals surface area contributed by atoms with Gasteiger partial charge in [-0.3, -0.25) is 9.59 Å². The van der Waals surface area contributed by atoms with Crippen LogP contribution in [0.4, 0.5) is 0 Å². The van der Waals surface area contributed by atoms with Crippen molar-refractivity contribution in [1.29, 1.82) is 0 Å². The number of benzene rings is 2. The number of para-hydroxylation sites is 1. The van der Waals surface area contributed by atoms with E-state index in [1.807, 2.05) is 87.1 Å². The standard InChI is InChI=1S/C29H36N6O2/c1-6-29(3,4)30-28(37)27(25-16-11-18-33(25)5)34(19-17-22-13-8-7-12-21(22)2)26(36)20-35-24-15-10-9-14-23(24)31-32-35/h7-16,18,27H,6,17,19-20H2,1-5H3,(H,30,37)/t27-/m0/s1. The van der Waals surface area contributed by atoms with Crippen molar-refractivity contribution in [3.8, 4) is 0 Å². The van der Waals surface area contributed by atoms with Crippen LogP contribution >= 0.6 is 0 Å². The summed E-state index contributed by atoms with van der Waals surface area (Å²) in [7, 11) is 1.90. The lowest BCUT2D eigenvalue weighted by Gasteiger charge is -2.34. The van der Waals surface area contributed by atoms with E-state index in [0.717, 1.165) is 34.3 Å². The molecule has 8 nitrogen and oxygen atoms in total. The second-order valence-corrected chi connectivity index (χ2v) is 10.2. The Morgan fingerprint density at radius 1 is 1.05 bits per heavy atom. The van der Waals surface area contributed by atoms with Crippen LogP contribution in [-0.4, -0.2) is 48.4 Å². The van der Waals surface area contributed by atoms with Gasteiger partial charge in [-0.15, -0.1) is 5.10 Å². The van der Waals surface area contributed by atoms with Crippen LogP contribution in [0.3, 0.4) is 0 Å². The first-order chi connectivity index (χ1) is 17.7. The van der Waals surface area contributed by atoms with E-state index < -0.39 is 11.6 Å². The monoisotopic (exact) mass is 500 g/mol. The number of aromatic nitrogens is 4. The highest BCUT2D eigenvalue weighted by molar-refractivity contribution is 5.89. The number of carbonyl (C=O) groups excluding carboxylic acids is 2. The maximum atomic E-state index is 14.0. The van der Waals surface area contributed by atoms with Crippen LogP contribution in [-0.2, 0) is 29.6 Å². The first kappa shape index (κ1) is 26.1. The number of rotatable bonds is 10. The molecule has 0 bridgehead atoms. The van der Waals surface area contributed by atoms with Gasteiger partial charge in [0, 0.05) is 31.0 Å². The van der Waals surface area contributed by atoms with Crippen molar-refractivity contribution in [1.82, 2.24) is 29.8 Å². The summed E-state index contributed by atoms with van der Waals surface area (Å²) in [5, 5.41) is 11.6. The van der Waals surface area contributed by atoms with Gasteiger partial charge in [0.15, 0.2) is 6.04 Å². The van der Waals surface area contributed by atoms with Gasteiger partial charge in [0.25, 0.3) is 0 Å². The molecule has 0 aliphatic rings. The lowest BCUT2D eigenvalue weighted by Crippen LogP contribution is -2.51. The van der Waals surface area contributed by atoms with Gasteiger partial charge in [0.2, 0.25) is 11.8 Å². The molecule has 4 rings (SSSR count). The SMILES string of the molecule is CCC(C)(C)NC(=O)[C@H](c1cccn1C)N(CCc1ccccc1C)C(=O)Cn1nnc2ccccc21. The Bertz CT molecular complexity index is 1390. The van der Waals surface area contributed by atoms with Gasteiger partial charge in [-0.05, 0) is 69.0 Å². The first-order valence-corrected chi connectivity index (χ1v) is 12.8. The van der Waals surface area contributed by atoms with Gasteiger partial charge in [0.05, 0.1) is 5.52 Å². The second-order valence-electron chi connectivity index (χ2n) is 10.2. The minimum absolute atomic E-state index is 0.0142. The van der Waals surface area contributed by atoms with Crippen LogP contribution in [0.15, 0.2) is 66.9 Å². The molecule has 0 saturated carbocycles. The average Bonchev–Trinajstić information content (AvgIpc) is 3.48. The number of hydrogen-bond acceptors (Lipinski definition) is 4. The quantitative estimate of drug-likeness (QED) is 0.354. The lowest BCUT2D eigenvalue weighted by atomic mass is 10.00. The molecule has 4 aromatic rings. The number of fused-ring (bicyclic) bond motifs is 1. The topological polar surface area (TPSA) is 85.0 Å². The zero-order valence-corrected chi connectivity index (χ0v) is 22.3. The van der Waals surface area contributed by atoms with E-state index in [1.54, 1.807) is 9.58 Å². The van der Waals surface area contributed by atoms with Gasteiger partial charge < -0.3 is 14.8 Å². The third-order valence-corrected chi connectivity index (χ3v) is 7.08.